The molecule has 0 atom stereocenters. The van der Waals surface area contributed by atoms with Gasteiger partial charge in [-0.3, -0.25) is 9.78 Å². The fourth-order valence-electron chi connectivity index (χ4n) is 2.07. The van der Waals surface area contributed by atoms with Crippen molar-refractivity contribution >= 4 is 34.3 Å². The van der Waals surface area contributed by atoms with Gasteiger partial charge in [0.2, 0.25) is 11.0 Å². The molecule has 0 amide bonds. The highest BCUT2D eigenvalue weighted by molar-refractivity contribution is 7.14. The van der Waals surface area contributed by atoms with Crippen molar-refractivity contribution in [3.63, 3.8) is 0 Å². The van der Waals surface area contributed by atoms with Gasteiger partial charge >= 0.3 is 5.69 Å². The molecule has 25 heavy (non-hydrogen) atoms. The molecule has 3 rings (SSSR count). The number of aromatic nitrogens is 4. The first-order valence-electron chi connectivity index (χ1n) is 7.20. The summed E-state index contributed by atoms with van der Waals surface area (Å²) in [5, 5.41) is 19.7. The number of benzene rings is 1. The van der Waals surface area contributed by atoms with Crippen molar-refractivity contribution < 1.29 is 5.11 Å². The maximum Gasteiger partial charge on any atom is 0.335 e. The second kappa shape index (κ2) is 6.99. The second-order valence-corrected chi connectivity index (χ2v) is 6.38. The van der Waals surface area contributed by atoms with Crippen LogP contribution in [0.2, 0.25) is 5.02 Å². The van der Waals surface area contributed by atoms with Crippen LogP contribution in [-0.4, -0.2) is 31.1 Å². The van der Waals surface area contributed by atoms with Crippen LogP contribution in [0.25, 0.3) is 5.69 Å². The van der Waals surface area contributed by atoms with E-state index >= 15 is 0 Å². The first kappa shape index (κ1) is 17.1. The van der Waals surface area contributed by atoms with Gasteiger partial charge in [0.15, 0.2) is 0 Å². The summed E-state index contributed by atoms with van der Waals surface area (Å²) in [5.74, 6) is -0.542. The van der Waals surface area contributed by atoms with Crippen LogP contribution in [0.5, 0.6) is 5.88 Å². The van der Waals surface area contributed by atoms with Crippen molar-refractivity contribution in [2.75, 3.05) is 0 Å². The van der Waals surface area contributed by atoms with Crippen LogP contribution in [0, 0.1) is 0 Å². The number of nitrogens with one attached hydrogen (secondary N) is 1. The molecule has 10 heteroatoms. The summed E-state index contributed by atoms with van der Waals surface area (Å²) in [5.41, 5.74) is -1.41. The molecule has 0 saturated carbocycles. The zero-order chi connectivity index (χ0) is 18.0. The van der Waals surface area contributed by atoms with Crippen LogP contribution in [-0.2, 0) is 6.42 Å². The van der Waals surface area contributed by atoms with Crippen molar-refractivity contribution in [1.29, 1.82) is 0 Å². The van der Waals surface area contributed by atoms with Crippen molar-refractivity contribution in [3.8, 4) is 11.6 Å². The lowest BCUT2D eigenvalue weighted by Crippen LogP contribution is -2.31. The minimum Gasteiger partial charge on any atom is -0.493 e. The molecule has 0 spiro atoms. The topological polar surface area (TPSA) is 113 Å². The third-order valence-corrected chi connectivity index (χ3v) is 4.46. The lowest BCUT2D eigenvalue weighted by atomic mass is 10.3. The number of H-pyrrole nitrogens is 1. The molecule has 8 nitrogen and oxygen atoms in total. The van der Waals surface area contributed by atoms with Gasteiger partial charge in [0.25, 0.3) is 5.56 Å². The Morgan fingerprint density at radius 3 is 2.88 bits per heavy atom. The molecule has 0 aliphatic heterocycles. The smallest absolute Gasteiger partial charge is 0.335 e. The highest BCUT2D eigenvalue weighted by Crippen LogP contribution is 2.21. The summed E-state index contributed by atoms with van der Waals surface area (Å²) in [7, 11) is 0. The summed E-state index contributed by atoms with van der Waals surface area (Å²) in [6.45, 7) is 1.94. The summed E-state index contributed by atoms with van der Waals surface area (Å²) < 4.78 is 0.937. The van der Waals surface area contributed by atoms with Gasteiger partial charge in [-0.1, -0.05) is 35.9 Å². The van der Waals surface area contributed by atoms with E-state index in [0.717, 1.165) is 22.2 Å². The van der Waals surface area contributed by atoms with Gasteiger partial charge < -0.3 is 5.11 Å². The maximum atomic E-state index is 12.1. The largest absolute Gasteiger partial charge is 0.493 e. The number of aromatic amines is 1. The molecular weight excluding hydrogens is 366 g/mol. The molecule has 0 bridgehead atoms. The lowest BCUT2D eigenvalue weighted by molar-refractivity contribution is 0.430. The summed E-state index contributed by atoms with van der Waals surface area (Å²) in [4.78, 5) is 30.3. The van der Waals surface area contributed by atoms with E-state index in [9.17, 15) is 14.7 Å². The molecule has 0 fully saturated rings. The second-order valence-electron chi connectivity index (χ2n) is 4.90. The zero-order valence-corrected chi connectivity index (χ0v) is 14.5. The molecule has 0 saturated heterocycles. The highest BCUT2D eigenvalue weighted by atomic mass is 35.5. The Labute approximate surface area is 150 Å². The van der Waals surface area contributed by atoms with E-state index in [1.54, 1.807) is 18.2 Å². The first-order valence-corrected chi connectivity index (χ1v) is 8.39. The molecule has 2 N–H and O–H groups in total. The van der Waals surface area contributed by atoms with Crippen LogP contribution in [0.15, 0.2) is 38.8 Å². The van der Waals surface area contributed by atoms with E-state index in [-0.39, 0.29) is 5.56 Å². The number of hydrogen-bond acceptors (Lipinski definition) is 7. The zero-order valence-electron chi connectivity index (χ0n) is 12.9. The molecule has 2 heterocycles. The van der Waals surface area contributed by atoms with Crippen LogP contribution < -0.4 is 11.2 Å². The van der Waals surface area contributed by atoms with Crippen molar-refractivity contribution in [3.05, 3.63) is 60.7 Å². The van der Waals surface area contributed by atoms with Crippen LogP contribution in [0.3, 0.4) is 0 Å². The molecule has 0 radical (unpaired) electrons. The SMILES string of the molecule is CCc1nnc(/N=C\c2c(O)n(-c3cccc(Cl)c3)c(=O)[nH]c2=O)s1. The third-order valence-electron chi connectivity index (χ3n) is 3.25. The average Bonchev–Trinajstić information content (AvgIpc) is 3.02. The molecular formula is C15H12ClN5O3S. The molecule has 128 valence electrons. The molecule has 0 unspecified atom stereocenters. The monoisotopic (exact) mass is 377 g/mol. The van der Waals surface area contributed by atoms with Gasteiger partial charge in [0.1, 0.15) is 10.6 Å². The standard InChI is InChI=1S/C15H12ClN5O3S/c1-2-11-19-20-14(25-11)17-7-10-12(22)18-15(24)21(13(10)23)9-5-3-4-8(16)6-9/h3-7,23H,2H2,1H3,(H,18,22,24)/b17-7-. The molecule has 0 aliphatic rings. The van der Waals surface area contributed by atoms with Crippen LogP contribution in [0.1, 0.15) is 17.5 Å². The predicted octanol–water partition coefficient (Wildman–Crippen LogP) is 2.05. The maximum absolute atomic E-state index is 12.1. The third kappa shape index (κ3) is 3.52. The van der Waals surface area contributed by atoms with E-state index in [2.05, 4.69) is 20.2 Å². The quantitative estimate of drug-likeness (QED) is 0.675. The van der Waals surface area contributed by atoms with Gasteiger partial charge in [0.05, 0.1) is 5.69 Å². The van der Waals surface area contributed by atoms with Gasteiger partial charge in [-0.05, 0) is 24.6 Å². The van der Waals surface area contributed by atoms with Gasteiger partial charge in [-0.25, -0.2) is 14.4 Å². The van der Waals surface area contributed by atoms with Gasteiger partial charge in [-0.15, -0.1) is 10.2 Å². The number of hydrogen-bond donors (Lipinski definition) is 2. The van der Waals surface area contributed by atoms with E-state index in [1.807, 2.05) is 6.92 Å². The minimum atomic E-state index is -0.786. The van der Waals surface area contributed by atoms with E-state index < -0.39 is 17.1 Å². The summed E-state index contributed by atoms with van der Waals surface area (Å²) in [6, 6.07) is 6.31. The number of rotatable bonds is 4. The highest BCUT2D eigenvalue weighted by Gasteiger charge is 2.14. The van der Waals surface area contributed by atoms with Crippen LogP contribution >= 0.6 is 22.9 Å². The predicted molar refractivity (Wildman–Crippen MR) is 95.9 cm³/mol. The molecule has 1 aromatic carbocycles. The van der Waals surface area contributed by atoms with Crippen molar-refractivity contribution in [2.24, 2.45) is 4.99 Å². The first-order chi connectivity index (χ1) is 12.0. The molecule has 0 aliphatic carbocycles. The van der Waals surface area contributed by atoms with Crippen LogP contribution in [0.4, 0.5) is 5.13 Å². The Morgan fingerprint density at radius 2 is 2.20 bits per heavy atom. The fourth-order valence-corrected chi connectivity index (χ4v) is 2.88. The van der Waals surface area contributed by atoms with Crippen molar-refractivity contribution in [2.45, 2.75) is 13.3 Å². The Kier molecular flexibility index (Phi) is 4.77. The number of aromatic hydroxyl groups is 1. The Balaban J connectivity index is 2.10. The van der Waals surface area contributed by atoms with Gasteiger partial charge in [0, 0.05) is 11.2 Å². The summed E-state index contributed by atoms with van der Waals surface area (Å²) in [6.07, 6.45) is 1.87. The Bertz CT molecular complexity index is 1070. The Hall–Kier alpha value is -2.78. The van der Waals surface area contributed by atoms with E-state index in [0.29, 0.717) is 15.8 Å². The summed E-state index contributed by atoms with van der Waals surface area (Å²) >= 11 is 7.19. The van der Waals surface area contributed by atoms with E-state index in [1.165, 1.54) is 17.4 Å². The van der Waals surface area contributed by atoms with Crippen molar-refractivity contribution in [1.82, 2.24) is 19.7 Å². The fraction of sp³-hybridized carbons (Fsp3) is 0.133. The minimum absolute atomic E-state index is 0.173. The molecule has 3 aromatic rings. The Morgan fingerprint density at radius 1 is 1.40 bits per heavy atom. The average molecular weight is 378 g/mol. The van der Waals surface area contributed by atoms with Gasteiger partial charge in [-0.2, -0.15) is 0 Å². The number of halogens is 1. The number of aryl methyl sites for hydroxylation is 1. The number of aliphatic imine (C=N–C) groups is 1. The lowest BCUT2D eigenvalue weighted by Gasteiger charge is -2.09. The number of nitrogens with zero attached hydrogens (tertiary/aromatic N) is 4. The molecule has 2 aromatic heterocycles. The normalized spacial score (nSPS) is 11.3. The van der Waals surface area contributed by atoms with E-state index in [4.69, 9.17) is 11.6 Å².